The molecule has 0 amide bonds. The van der Waals surface area contributed by atoms with Crippen LogP contribution in [0, 0.1) is 27.7 Å². The molecule has 0 atom stereocenters. The summed E-state index contributed by atoms with van der Waals surface area (Å²) in [5, 5.41) is 27.9. The zero-order chi connectivity index (χ0) is 25.7. The van der Waals surface area contributed by atoms with Gasteiger partial charge in [0.25, 0.3) is 0 Å². The van der Waals surface area contributed by atoms with E-state index in [2.05, 4.69) is 10.6 Å². The van der Waals surface area contributed by atoms with Crippen molar-refractivity contribution in [1.82, 2.24) is 0 Å². The van der Waals surface area contributed by atoms with Crippen molar-refractivity contribution >= 4 is 34.3 Å². The van der Waals surface area contributed by atoms with Crippen molar-refractivity contribution in [3.05, 3.63) is 105 Å². The highest BCUT2D eigenvalue weighted by molar-refractivity contribution is 6.33. The molecule has 0 saturated heterocycles. The van der Waals surface area contributed by atoms with Gasteiger partial charge in [-0.3, -0.25) is 9.59 Å². The Hall–Kier alpha value is -4.58. The minimum absolute atomic E-state index is 0.0337. The minimum Gasteiger partial charge on any atom is -0.507 e. The first-order valence-corrected chi connectivity index (χ1v) is 11.7. The van der Waals surface area contributed by atoms with Gasteiger partial charge < -0.3 is 20.8 Å². The highest BCUT2D eigenvalue weighted by Crippen LogP contribution is 2.43. The van der Waals surface area contributed by atoms with Crippen LogP contribution in [0.1, 0.15) is 54.1 Å². The van der Waals surface area contributed by atoms with E-state index in [9.17, 15) is 19.8 Å². The van der Waals surface area contributed by atoms with Gasteiger partial charge in [-0.05, 0) is 75.2 Å². The van der Waals surface area contributed by atoms with Crippen LogP contribution in [0.2, 0.25) is 0 Å². The molecule has 36 heavy (non-hydrogen) atoms. The molecule has 1 aliphatic carbocycles. The van der Waals surface area contributed by atoms with Gasteiger partial charge >= 0.3 is 0 Å². The fourth-order valence-corrected chi connectivity index (χ4v) is 4.77. The summed E-state index contributed by atoms with van der Waals surface area (Å²) >= 11 is 0. The zero-order valence-corrected chi connectivity index (χ0v) is 20.5. The second-order valence-corrected chi connectivity index (χ2v) is 9.31. The van der Waals surface area contributed by atoms with Crippen molar-refractivity contribution in [3.63, 3.8) is 0 Å². The molecular weight excluding hydrogens is 452 g/mol. The van der Waals surface area contributed by atoms with Crippen molar-refractivity contribution in [1.29, 1.82) is 0 Å². The Labute approximate surface area is 209 Å². The normalized spacial score (nSPS) is 12.2. The van der Waals surface area contributed by atoms with Gasteiger partial charge in [0.2, 0.25) is 11.6 Å². The maximum atomic E-state index is 13.8. The number of hydrogen-bond acceptors (Lipinski definition) is 6. The van der Waals surface area contributed by atoms with Gasteiger partial charge in [-0.1, -0.05) is 35.4 Å². The molecule has 0 unspecified atom stereocenters. The second-order valence-electron chi connectivity index (χ2n) is 9.31. The number of benzene rings is 4. The number of rotatable bonds is 4. The van der Waals surface area contributed by atoms with Crippen LogP contribution in [0.3, 0.4) is 0 Å². The molecular formula is C30H26N2O4. The van der Waals surface area contributed by atoms with Gasteiger partial charge in [-0.25, -0.2) is 0 Å². The Morgan fingerprint density at radius 3 is 1.22 bits per heavy atom. The van der Waals surface area contributed by atoms with E-state index in [0.717, 1.165) is 33.6 Å². The van der Waals surface area contributed by atoms with Crippen molar-refractivity contribution < 1.29 is 19.8 Å². The van der Waals surface area contributed by atoms with Crippen molar-refractivity contribution in [2.45, 2.75) is 27.7 Å². The molecule has 5 rings (SSSR count). The Morgan fingerprint density at radius 2 is 0.861 bits per heavy atom. The van der Waals surface area contributed by atoms with Crippen molar-refractivity contribution in [2.24, 2.45) is 0 Å². The molecule has 4 N–H and O–H groups in total. The summed E-state index contributed by atoms with van der Waals surface area (Å²) in [6.07, 6.45) is 0. The number of anilines is 4. The topological polar surface area (TPSA) is 98.7 Å². The molecule has 6 nitrogen and oxygen atoms in total. The largest absolute Gasteiger partial charge is 0.507 e. The van der Waals surface area contributed by atoms with E-state index in [0.29, 0.717) is 11.4 Å². The molecule has 0 bridgehead atoms. The third-order valence-corrected chi connectivity index (χ3v) is 6.58. The maximum absolute atomic E-state index is 13.8. The summed E-state index contributed by atoms with van der Waals surface area (Å²) in [5.41, 5.74) is 6.33. The summed E-state index contributed by atoms with van der Waals surface area (Å²) in [6, 6.07) is 17.6. The standard InChI is InChI=1S/C30H26N2O4/c1-15-5-7-19(17(3)13-15)31-21-9-11-23(33)27-25(21)29(35)28-24(34)12-10-22(26(28)30(27)36)32-20-8-6-16(2)14-18(20)4/h5-14,31-34H,1-4H3. The smallest absolute Gasteiger partial charge is 0.200 e. The van der Waals surface area contributed by atoms with Crippen LogP contribution < -0.4 is 10.6 Å². The SMILES string of the molecule is Cc1ccc(Nc2ccc(O)c3c2C(=O)c2c(O)ccc(Nc4ccc(C)cc4C)c2C3=O)c(C)c1. The molecule has 0 saturated carbocycles. The first kappa shape index (κ1) is 23.2. The molecule has 4 aromatic rings. The lowest BCUT2D eigenvalue weighted by Gasteiger charge is -2.25. The van der Waals surface area contributed by atoms with Crippen molar-refractivity contribution in [3.8, 4) is 11.5 Å². The average molecular weight is 479 g/mol. The third-order valence-electron chi connectivity index (χ3n) is 6.58. The van der Waals surface area contributed by atoms with E-state index >= 15 is 0 Å². The summed E-state index contributed by atoms with van der Waals surface area (Å²) < 4.78 is 0. The van der Waals surface area contributed by atoms with Gasteiger partial charge in [-0.15, -0.1) is 0 Å². The predicted octanol–water partition coefficient (Wildman–Crippen LogP) is 6.59. The number of fused-ring (bicyclic) bond motifs is 2. The van der Waals surface area contributed by atoms with Crippen LogP contribution in [0.5, 0.6) is 11.5 Å². The number of phenolic OH excluding ortho intramolecular Hbond substituents is 2. The lowest BCUT2D eigenvalue weighted by Crippen LogP contribution is -2.24. The Balaban J connectivity index is 1.65. The lowest BCUT2D eigenvalue weighted by atomic mass is 9.81. The van der Waals surface area contributed by atoms with Crippen LogP contribution in [-0.2, 0) is 0 Å². The fraction of sp³-hybridized carbons (Fsp3) is 0.133. The van der Waals surface area contributed by atoms with Gasteiger partial charge in [0.05, 0.1) is 33.6 Å². The predicted molar refractivity (Wildman–Crippen MR) is 141 cm³/mol. The van der Waals surface area contributed by atoms with E-state index in [1.54, 1.807) is 12.1 Å². The Bertz CT molecular complexity index is 1470. The first-order chi connectivity index (χ1) is 17.2. The van der Waals surface area contributed by atoms with E-state index in [1.165, 1.54) is 12.1 Å². The van der Waals surface area contributed by atoms with Gasteiger partial charge in [0.1, 0.15) is 11.5 Å². The number of aryl methyl sites for hydroxylation is 4. The average Bonchev–Trinajstić information content (AvgIpc) is 2.82. The Morgan fingerprint density at radius 1 is 0.500 bits per heavy atom. The molecule has 180 valence electrons. The Kier molecular flexibility index (Phi) is 5.52. The molecule has 0 aliphatic heterocycles. The van der Waals surface area contributed by atoms with E-state index in [4.69, 9.17) is 0 Å². The van der Waals surface area contributed by atoms with Crippen LogP contribution in [-0.4, -0.2) is 21.8 Å². The van der Waals surface area contributed by atoms with E-state index in [-0.39, 0.29) is 33.8 Å². The van der Waals surface area contributed by atoms with Crippen LogP contribution >= 0.6 is 0 Å². The quantitative estimate of drug-likeness (QED) is 0.217. The van der Waals surface area contributed by atoms with Gasteiger partial charge in [0, 0.05) is 11.4 Å². The lowest BCUT2D eigenvalue weighted by molar-refractivity contribution is 0.0975. The molecule has 0 spiro atoms. The van der Waals surface area contributed by atoms with Crippen LogP contribution in [0.25, 0.3) is 0 Å². The summed E-state index contributed by atoms with van der Waals surface area (Å²) in [4.78, 5) is 27.6. The van der Waals surface area contributed by atoms with Crippen LogP contribution in [0.4, 0.5) is 22.7 Å². The third kappa shape index (κ3) is 3.77. The highest BCUT2D eigenvalue weighted by atomic mass is 16.3. The molecule has 0 heterocycles. The number of nitrogens with one attached hydrogen (secondary N) is 2. The molecule has 0 fully saturated rings. The maximum Gasteiger partial charge on any atom is 0.200 e. The molecule has 0 aromatic heterocycles. The van der Waals surface area contributed by atoms with E-state index in [1.807, 2.05) is 64.1 Å². The summed E-state index contributed by atoms with van der Waals surface area (Å²) in [6.45, 7) is 7.87. The monoisotopic (exact) mass is 478 g/mol. The summed E-state index contributed by atoms with van der Waals surface area (Å²) in [5.74, 6) is -1.66. The van der Waals surface area contributed by atoms with Crippen molar-refractivity contribution in [2.75, 3.05) is 10.6 Å². The number of hydrogen-bond donors (Lipinski definition) is 4. The fourth-order valence-electron chi connectivity index (χ4n) is 4.77. The number of phenols is 2. The van der Waals surface area contributed by atoms with Gasteiger partial charge in [0.15, 0.2) is 0 Å². The van der Waals surface area contributed by atoms with Gasteiger partial charge in [-0.2, -0.15) is 0 Å². The number of aromatic hydroxyl groups is 2. The highest BCUT2D eigenvalue weighted by Gasteiger charge is 2.38. The molecule has 1 aliphatic rings. The van der Waals surface area contributed by atoms with E-state index < -0.39 is 11.6 Å². The minimum atomic E-state index is -0.537. The number of carbonyl (C=O) groups is 2. The molecule has 4 aromatic carbocycles. The zero-order valence-electron chi connectivity index (χ0n) is 20.5. The first-order valence-electron chi connectivity index (χ1n) is 11.7. The van der Waals surface area contributed by atoms with Crippen LogP contribution in [0.15, 0.2) is 60.7 Å². The molecule has 0 radical (unpaired) electrons. The number of carbonyl (C=O) groups excluding carboxylic acids is 2. The second kappa shape index (κ2) is 8.57. The number of ketones is 2. The molecule has 6 heteroatoms. The summed E-state index contributed by atoms with van der Waals surface area (Å²) in [7, 11) is 0.